The second-order valence-electron chi connectivity index (χ2n) is 9.81. The summed E-state index contributed by atoms with van der Waals surface area (Å²) in [4.78, 5) is 4.67. The van der Waals surface area contributed by atoms with Gasteiger partial charge in [-0.15, -0.1) is 0 Å². The summed E-state index contributed by atoms with van der Waals surface area (Å²) in [6, 6.07) is 10.0. The lowest BCUT2D eigenvalue weighted by atomic mass is 9.92. The molecule has 2 rings (SSSR count). The molecule has 0 bridgehead atoms. The molecule has 0 spiro atoms. The third-order valence-electron chi connectivity index (χ3n) is 6.96. The standard InChI is InChI=1S/C28H46N4OS/c1-4-5-9-20-31(2)21-10-7-6-8-11-22-33-27-18-16-26(17-19-27)32(3)28(34)30-25-14-12-24(23-29)13-15-25/h12-15,26-27H,4-11,16-22H2,1-3H3,(H,30,34)/t26-,27-. The smallest absolute Gasteiger partial charge is 0.173 e. The lowest BCUT2D eigenvalue weighted by Gasteiger charge is -2.36. The fourth-order valence-electron chi connectivity index (χ4n) is 4.61. The summed E-state index contributed by atoms with van der Waals surface area (Å²) in [5.41, 5.74) is 1.58. The van der Waals surface area contributed by atoms with Crippen LogP contribution in [-0.4, -0.2) is 60.8 Å². The summed E-state index contributed by atoms with van der Waals surface area (Å²) < 4.78 is 6.19. The van der Waals surface area contributed by atoms with E-state index in [4.69, 9.17) is 22.2 Å². The van der Waals surface area contributed by atoms with Crippen LogP contribution in [0.25, 0.3) is 0 Å². The van der Waals surface area contributed by atoms with Crippen molar-refractivity contribution in [3.63, 3.8) is 0 Å². The number of rotatable bonds is 15. The topological polar surface area (TPSA) is 51.5 Å². The first-order chi connectivity index (χ1) is 16.5. The predicted molar refractivity (Wildman–Crippen MR) is 147 cm³/mol. The van der Waals surface area contributed by atoms with Crippen molar-refractivity contribution < 1.29 is 4.74 Å². The van der Waals surface area contributed by atoms with Gasteiger partial charge in [0.2, 0.25) is 0 Å². The van der Waals surface area contributed by atoms with Gasteiger partial charge in [-0.25, -0.2) is 0 Å². The number of benzene rings is 1. The van der Waals surface area contributed by atoms with Gasteiger partial charge in [0.05, 0.1) is 17.7 Å². The van der Waals surface area contributed by atoms with Gasteiger partial charge in [0.1, 0.15) is 0 Å². The molecule has 1 N–H and O–H groups in total. The van der Waals surface area contributed by atoms with E-state index in [1.54, 1.807) is 0 Å². The first-order valence-electron chi connectivity index (χ1n) is 13.4. The summed E-state index contributed by atoms with van der Waals surface area (Å²) in [5.74, 6) is 0. The molecule has 0 aromatic heterocycles. The molecule has 1 aromatic rings. The molecule has 190 valence electrons. The Hall–Kier alpha value is -1.68. The maximum absolute atomic E-state index is 8.93. The highest BCUT2D eigenvalue weighted by Gasteiger charge is 2.25. The van der Waals surface area contributed by atoms with Gasteiger partial charge in [0.25, 0.3) is 0 Å². The van der Waals surface area contributed by atoms with Crippen LogP contribution in [0.5, 0.6) is 0 Å². The van der Waals surface area contributed by atoms with Crippen LogP contribution in [0.2, 0.25) is 0 Å². The normalized spacial score (nSPS) is 18.0. The molecule has 0 atom stereocenters. The van der Waals surface area contributed by atoms with Crippen molar-refractivity contribution in [2.45, 2.75) is 96.1 Å². The average Bonchev–Trinajstić information content (AvgIpc) is 2.86. The molecule has 1 saturated carbocycles. The van der Waals surface area contributed by atoms with Gasteiger partial charge >= 0.3 is 0 Å². The number of thiocarbonyl (C=S) groups is 1. The van der Waals surface area contributed by atoms with Crippen molar-refractivity contribution >= 4 is 23.0 Å². The number of hydrogen-bond donors (Lipinski definition) is 1. The maximum atomic E-state index is 8.93. The zero-order chi connectivity index (χ0) is 24.6. The van der Waals surface area contributed by atoms with Crippen LogP contribution in [-0.2, 0) is 4.74 Å². The zero-order valence-corrected chi connectivity index (χ0v) is 22.5. The fourth-order valence-corrected chi connectivity index (χ4v) is 4.88. The maximum Gasteiger partial charge on any atom is 0.173 e. The SMILES string of the molecule is CCCCCN(C)CCCCCCCO[C@H]1CC[C@H](N(C)C(=S)Nc2ccc(C#N)cc2)CC1. The van der Waals surface area contributed by atoms with Gasteiger partial charge in [-0.05, 0) is 102 Å². The molecule has 1 aromatic carbocycles. The van der Waals surface area contributed by atoms with E-state index in [1.165, 1.54) is 64.5 Å². The number of nitrogens with zero attached hydrogens (tertiary/aromatic N) is 3. The van der Waals surface area contributed by atoms with E-state index < -0.39 is 0 Å². The molecule has 0 radical (unpaired) electrons. The van der Waals surface area contributed by atoms with Gasteiger partial charge in [-0.2, -0.15) is 5.26 Å². The third-order valence-corrected chi connectivity index (χ3v) is 7.35. The third kappa shape index (κ3) is 11.2. The Morgan fingerprint density at radius 1 is 0.971 bits per heavy atom. The first-order valence-corrected chi connectivity index (χ1v) is 13.8. The van der Waals surface area contributed by atoms with Crippen LogP contribution >= 0.6 is 12.2 Å². The van der Waals surface area contributed by atoms with E-state index in [0.29, 0.717) is 17.7 Å². The quantitative estimate of drug-likeness (QED) is 0.223. The van der Waals surface area contributed by atoms with Gasteiger partial charge in [-0.3, -0.25) is 0 Å². The van der Waals surface area contributed by atoms with E-state index in [9.17, 15) is 0 Å². The van der Waals surface area contributed by atoms with Crippen LogP contribution in [0, 0.1) is 11.3 Å². The molecule has 1 fully saturated rings. The molecular weight excluding hydrogens is 440 g/mol. The number of hydrogen-bond acceptors (Lipinski definition) is 4. The number of nitriles is 1. The van der Waals surface area contributed by atoms with Gasteiger partial charge in [0, 0.05) is 25.4 Å². The Labute approximate surface area is 213 Å². The monoisotopic (exact) mass is 486 g/mol. The summed E-state index contributed by atoms with van der Waals surface area (Å²) >= 11 is 5.61. The second kappa shape index (κ2) is 16.9. The number of anilines is 1. The van der Waals surface area contributed by atoms with E-state index >= 15 is 0 Å². The molecule has 34 heavy (non-hydrogen) atoms. The number of unbranched alkanes of at least 4 members (excludes halogenated alkanes) is 6. The van der Waals surface area contributed by atoms with Crippen molar-refractivity contribution in [2.24, 2.45) is 0 Å². The molecule has 5 nitrogen and oxygen atoms in total. The minimum Gasteiger partial charge on any atom is -0.378 e. The number of nitrogens with one attached hydrogen (secondary N) is 1. The molecule has 0 aliphatic heterocycles. The Bertz CT molecular complexity index is 725. The Balaban J connectivity index is 1.50. The minimum absolute atomic E-state index is 0.404. The zero-order valence-electron chi connectivity index (χ0n) is 21.7. The average molecular weight is 487 g/mol. The Morgan fingerprint density at radius 3 is 2.24 bits per heavy atom. The first kappa shape index (κ1) is 28.6. The van der Waals surface area contributed by atoms with Crippen LogP contribution < -0.4 is 5.32 Å². The van der Waals surface area contributed by atoms with Crippen molar-refractivity contribution in [1.82, 2.24) is 9.80 Å². The molecule has 0 heterocycles. The number of ether oxygens (including phenoxy) is 1. The predicted octanol–water partition coefficient (Wildman–Crippen LogP) is 6.59. The van der Waals surface area contributed by atoms with Gasteiger partial charge in [0.15, 0.2) is 5.11 Å². The van der Waals surface area contributed by atoms with Crippen LogP contribution in [0.3, 0.4) is 0 Å². The Morgan fingerprint density at radius 2 is 1.59 bits per heavy atom. The lowest BCUT2D eigenvalue weighted by molar-refractivity contribution is 0.0149. The summed E-state index contributed by atoms with van der Waals surface area (Å²) in [6.45, 7) is 5.66. The van der Waals surface area contributed by atoms with Gasteiger partial charge in [-0.1, -0.05) is 39.0 Å². The van der Waals surface area contributed by atoms with E-state index in [-0.39, 0.29) is 0 Å². The highest BCUT2D eigenvalue weighted by atomic mass is 32.1. The van der Waals surface area contributed by atoms with Crippen molar-refractivity contribution in [1.29, 1.82) is 5.26 Å². The van der Waals surface area contributed by atoms with Crippen LogP contribution in [0.1, 0.15) is 89.5 Å². The summed E-state index contributed by atoms with van der Waals surface area (Å²) in [5, 5.41) is 13.0. The van der Waals surface area contributed by atoms with Crippen molar-refractivity contribution in [3.8, 4) is 6.07 Å². The highest BCUT2D eigenvalue weighted by molar-refractivity contribution is 7.80. The largest absolute Gasteiger partial charge is 0.378 e. The molecule has 0 unspecified atom stereocenters. The van der Waals surface area contributed by atoms with Gasteiger partial charge < -0.3 is 19.9 Å². The second-order valence-corrected chi connectivity index (χ2v) is 10.2. The molecule has 1 aliphatic rings. The molecule has 1 aliphatic carbocycles. The molecule has 0 saturated heterocycles. The van der Waals surface area contributed by atoms with Crippen molar-refractivity contribution in [3.05, 3.63) is 29.8 Å². The Kier molecular flexibility index (Phi) is 14.2. The highest BCUT2D eigenvalue weighted by Crippen LogP contribution is 2.25. The van der Waals surface area contributed by atoms with E-state index in [0.717, 1.165) is 43.1 Å². The molecular formula is C28H46N4OS. The fraction of sp³-hybridized carbons (Fsp3) is 0.714. The summed E-state index contributed by atoms with van der Waals surface area (Å²) in [7, 11) is 4.34. The lowest BCUT2D eigenvalue weighted by Crippen LogP contribution is -2.42. The molecule has 6 heteroatoms. The van der Waals surface area contributed by atoms with E-state index in [1.807, 2.05) is 24.3 Å². The van der Waals surface area contributed by atoms with Crippen LogP contribution in [0.4, 0.5) is 5.69 Å². The molecule has 0 amide bonds. The minimum atomic E-state index is 0.404. The van der Waals surface area contributed by atoms with Crippen molar-refractivity contribution in [2.75, 3.05) is 39.1 Å². The van der Waals surface area contributed by atoms with E-state index in [2.05, 4.69) is 42.2 Å². The van der Waals surface area contributed by atoms with Crippen LogP contribution in [0.15, 0.2) is 24.3 Å². The summed E-state index contributed by atoms with van der Waals surface area (Å²) in [6.07, 6.45) is 15.3.